The van der Waals surface area contributed by atoms with Crippen LogP contribution in [0, 0.1) is 0 Å². The Kier molecular flexibility index (Phi) is 4.62. The molecule has 0 aromatic heterocycles. The zero-order chi connectivity index (χ0) is 15.5. The molecule has 1 atom stereocenters. The summed E-state index contributed by atoms with van der Waals surface area (Å²) in [5.41, 5.74) is 1.21. The van der Waals surface area contributed by atoms with Crippen LogP contribution in [0.15, 0.2) is 30.0 Å². The zero-order valence-corrected chi connectivity index (χ0v) is 13.6. The Morgan fingerprint density at radius 1 is 1.32 bits per heavy atom. The van der Waals surface area contributed by atoms with Crippen LogP contribution in [0.5, 0.6) is 5.75 Å². The minimum Gasteiger partial charge on any atom is -0.509 e. The monoisotopic (exact) mass is 319 g/mol. The Hall–Kier alpha value is -1.62. The van der Waals surface area contributed by atoms with E-state index in [1.165, 1.54) is 12.8 Å². The summed E-state index contributed by atoms with van der Waals surface area (Å²) in [7, 11) is 0. The molecule has 1 N–H and O–H groups in total. The Bertz CT molecular complexity index is 582. The molecule has 2 aliphatic rings. The van der Waals surface area contributed by atoms with Gasteiger partial charge in [0.2, 0.25) is 0 Å². The highest BCUT2D eigenvalue weighted by Crippen LogP contribution is 2.38. The summed E-state index contributed by atoms with van der Waals surface area (Å²) in [6, 6.07) is 7.31. The van der Waals surface area contributed by atoms with Crippen molar-refractivity contribution in [3.8, 4) is 5.75 Å². The fourth-order valence-corrected chi connectivity index (χ4v) is 3.98. The van der Waals surface area contributed by atoms with Gasteiger partial charge in [-0.3, -0.25) is 4.79 Å². The van der Waals surface area contributed by atoms with Crippen molar-refractivity contribution in [3.63, 3.8) is 0 Å². The van der Waals surface area contributed by atoms with Crippen molar-refractivity contribution in [1.82, 2.24) is 4.90 Å². The second-order valence-corrected chi connectivity index (χ2v) is 6.63. The third-order valence-electron chi connectivity index (χ3n) is 4.09. The molecule has 1 aromatic carbocycles. The summed E-state index contributed by atoms with van der Waals surface area (Å²) in [5.74, 6) is 2.40. The number of unbranched alkanes of at least 4 members (excludes halogenated alkanes) is 2. The molecule has 0 spiro atoms. The number of carbonyl (C=O) groups is 1. The number of nitrogens with zero attached hydrogens (tertiary/aromatic N) is 1. The number of fused-ring (bicyclic) bond motifs is 1. The zero-order valence-electron chi connectivity index (χ0n) is 12.7. The number of rotatable bonds is 6. The number of ether oxygens (including phenoxy) is 1. The fraction of sp³-hybridized carbons (Fsp3) is 0.471. The maximum Gasteiger partial charge on any atom is 0.259 e. The minimum atomic E-state index is -0.141. The van der Waals surface area contributed by atoms with Crippen LogP contribution in [0.1, 0.15) is 31.7 Å². The topological polar surface area (TPSA) is 49.8 Å². The molecule has 0 radical (unpaired) electrons. The molecule has 2 aliphatic heterocycles. The second-order valence-electron chi connectivity index (χ2n) is 5.63. The van der Waals surface area contributed by atoms with Crippen molar-refractivity contribution >= 4 is 23.2 Å². The standard InChI is InChI=1S/C17H21NO3S/c1-2-3-4-9-21-13-7-5-12(6-8-13)15-16(19)14-10-22-11-18(14)17(15)20/h5-8,14,19H,2-4,9-11H2,1H3. The third-order valence-corrected chi connectivity index (χ3v) is 5.10. The molecular weight excluding hydrogens is 298 g/mol. The molecule has 3 rings (SSSR count). The largest absolute Gasteiger partial charge is 0.509 e. The molecule has 0 bridgehead atoms. The number of amides is 1. The maximum atomic E-state index is 12.4. The number of thioether (sulfide) groups is 1. The lowest BCUT2D eigenvalue weighted by Crippen LogP contribution is -2.30. The van der Waals surface area contributed by atoms with E-state index in [2.05, 4.69) is 6.92 Å². The first-order valence-electron chi connectivity index (χ1n) is 7.77. The maximum absolute atomic E-state index is 12.4. The lowest BCUT2D eigenvalue weighted by molar-refractivity contribution is -0.123. The van der Waals surface area contributed by atoms with Crippen molar-refractivity contribution in [2.24, 2.45) is 0 Å². The quantitative estimate of drug-likeness (QED) is 0.816. The highest BCUT2D eigenvalue weighted by molar-refractivity contribution is 7.99. The predicted molar refractivity (Wildman–Crippen MR) is 89.0 cm³/mol. The smallest absolute Gasteiger partial charge is 0.259 e. The number of benzene rings is 1. The van der Waals surface area contributed by atoms with Gasteiger partial charge in [0.1, 0.15) is 17.6 Å². The number of aliphatic hydroxyl groups is 1. The van der Waals surface area contributed by atoms with E-state index in [1.807, 2.05) is 24.3 Å². The fourth-order valence-electron chi connectivity index (χ4n) is 2.82. The number of hydrogen-bond donors (Lipinski definition) is 1. The van der Waals surface area contributed by atoms with Gasteiger partial charge in [-0.2, -0.15) is 0 Å². The van der Waals surface area contributed by atoms with Crippen molar-refractivity contribution in [1.29, 1.82) is 0 Å². The van der Waals surface area contributed by atoms with Crippen LogP contribution in [-0.4, -0.2) is 40.2 Å². The van der Waals surface area contributed by atoms with Crippen LogP contribution in [-0.2, 0) is 4.79 Å². The predicted octanol–water partition coefficient (Wildman–Crippen LogP) is 3.44. The van der Waals surface area contributed by atoms with E-state index in [0.29, 0.717) is 18.1 Å². The highest BCUT2D eigenvalue weighted by atomic mass is 32.2. The van der Waals surface area contributed by atoms with Crippen LogP contribution < -0.4 is 4.74 Å². The van der Waals surface area contributed by atoms with E-state index >= 15 is 0 Å². The first-order valence-corrected chi connectivity index (χ1v) is 8.93. The van der Waals surface area contributed by atoms with Gasteiger partial charge < -0.3 is 14.7 Å². The van der Waals surface area contributed by atoms with Gasteiger partial charge in [-0.05, 0) is 24.1 Å². The molecule has 2 heterocycles. The van der Waals surface area contributed by atoms with E-state index in [1.54, 1.807) is 16.7 Å². The molecule has 1 amide bonds. The number of carbonyl (C=O) groups excluding carboxylic acids is 1. The molecule has 22 heavy (non-hydrogen) atoms. The van der Waals surface area contributed by atoms with Crippen molar-refractivity contribution in [2.45, 2.75) is 32.2 Å². The average molecular weight is 319 g/mol. The molecule has 1 saturated heterocycles. The SMILES string of the molecule is CCCCCOc1ccc(C2=C(O)C3CSCN3C2=O)cc1. The van der Waals surface area contributed by atoms with E-state index in [9.17, 15) is 9.90 Å². The minimum absolute atomic E-state index is 0.0656. The van der Waals surface area contributed by atoms with Gasteiger partial charge >= 0.3 is 0 Å². The molecule has 1 unspecified atom stereocenters. The van der Waals surface area contributed by atoms with Gasteiger partial charge in [-0.25, -0.2) is 0 Å². The molecular formula is C17H21NO3S. The Morgan fingerprint density at radius 2 is 2.09 bits per heavy atom. The van der Waals surface area contributed by atoms with Crippen LogP contribution in [0.4, 0.5) is 0 Å². The summed E-state index contributed by atoms with van der Waals surface area (Å²) in [6.45, 7) is 2.88. The second kappa shape index (κ2) is 6.65. The van der Waals surface area contributed by atoms with Crippen molar-refractivity contribution in [2.75, 3.05) is 18.2 Å². The molecule has 0 aliphatic carbocycles. The van der Waals surface area contributed by atoms with Crippen LogP contribution in [0.25, 0.3) is 5.57 Å². The van der Waals surface area contributed by atoms with E-state index in [0.717, 1.165) is 23.5 Å². The Labute approximate surface area is 135 Å². The van der Waals surface area contributed by atoms with Gasteiger partial charge in [-0.1, -0.05) is 31.9 Å². The summed E-state index contributed by atoms with van der Waals surface area (Å²) < 4.78 is 5.68. The highest BCUT2D eigenvalue weighted by Gasteiger charge is 2.42. The Balaban J connectivity index is 1.70. The molecule has 118 valence electrons. The van der Waals surface area contributed by atoms with Gasteiger partial charge in [0.25, 0.3) is 5.91 Å². The number of hydrogen-bond acceptors (Lipinski definition) is 4. The van der Waals surface area contributed by atoms with E-state index < -0.39 is 0 Å². The van der Waals surface area contributed by atoms with Crippen molar-refractivity contribution in [3.05, 3.63) is 35.6 Å². The summed E-state index contributed by atoms with van der Waals surface area (Å²) in [6.07, 6.45) is 3.40. The van der Waals surface area contributed by atoms with Gasteiger partial charge in [0, 0.05) is 5.75 Å². The number of aliphatic hydroxyl groups excluding tert-OH is 1. The van der Waals surface area contributed by atoms with E-state index in [4.69, 9.17) is 4.74 Å². The molecule has 0 saturated carbocycles. The van der Waals surface area contributed by atoms with E-state index in [-0.39, 0.29) is 17.7 Å². The summed E-state index contributed by atoms with van der Waals surface area (Å²) in [5, 5.41) is 10.3. The Morgan fingerprint density at radius 3 is 2.77 bits per heavy atom. The summed E-state index contributed by atoms with van der Waals surface area (Å²) in [4.78, 5) is 14.1. The average Bonchev–Trinajstić information content (AvgIpc) is 3.10. The van der Waals surface area contributed by atoms with Gasteiger partial charge in [0.05, 0.1) is 18.1 Å². The lowest BCUT2D eigenvalue weighted by Gasteiger charge is -2.13. The first-order chi connectivity index (χ1) is 10.7. The summed E-state index contributed by atoms with van der Waals surface area (Å²) >= 11 is 1.68. The van der Waals surface area contributed by atoms with Crippen LogP contribution in [0.2, 0.25) is 0 Å². The van der Waals surface area contributed by atoms with Crippen LogP contribution >= 0.6 is 11.8 Å². The molecule has 1 fully saturated rings. The normalized spacial score (nSPS) is 20.7. The lowest BCUT2D eigenvalue weighted by atomic mass is 10.0. The van der Waals surface area contributed by atoms with Crippen molar-refractivity contribution < 1.29 is 14.6 Å². The van der Waals surface area contributed by atoms with Gasteiger partial charge in [-0.15, -0.1) is 11.8 Å². The molecule has 5 heteroatoms. The van der Waals surface area contributed by atoms with Crippen LogP contribution in [0.3, 0.4) is 0 Å². The molecule has 4 nitrogen and oxygen atoms in total. The molecule has 1 aromatic rings. The van der Waals surface area contributed by atoms with Gasteiger partial charge in [0.15, 0.2) is 0 Å². The first kappa shape index (κ1) is 15.3. The third kappa shape index (κ3) is 2.82.